The Labute approximate surface area is 123 Å². The molecule has 5 nitrogen and oxygen atoms in total. The molecule has 0 heterocycles. The van der Waals surface area contributed by atoms with Crippen molar-refractivity contribution in [3.63, 3.8) is 0 Å². The van der Waals surface area contributed by atoms with E-state index in [1.165, 1.54) is 7.11 Å². The van der Waals surface area contributed by atoms with Crippen LogP contribution in [0.25, 0.3) is 0 Å². The number of nitrogens with one attached hydrogen (secondary N) is 1. The van der Waals surface area contributed by atoms with Crippen LogP contribution in [0.3, 0.4) is 0 Å². The summed E-state index contributed by atoms with van der Waals surface area (Å²) in [4.78, 5) is 11.1. The van der Waals surface area contributed by atoms with Crippen molar-refractivity contribution in [2.75, 3.05) is 12.4 Å². The second-order valence-electron chi connectivity index (χ2n) is 4.45. The molecule has 0 spiro atoms. The summed E-state index contributed by atoms with van der Waals surface area (Å²) in [6.45, 7) is 0.546. The third-order valence-corrected chi connectivity index (χ3v) is 3.03. The molecule has 0 aliphatic carbocycles. The van der Waals surface area contributed by atoms with Crippen LogP contribution in [-0.4, -0.2) is 13.0 Å². The molecule has 3 N–H and O–H groups in total. The van der Waals surface area contributed by atoms with Gasteiger partial charge in [0.25, 0.3) is 0 Å². The minimum Gasteiger partial charge on any atom is -0.495 e. The minimum atomic E-state index is -0.460. The molecular formula is C16H15N3O2. The Hall–Kier alpha value is -3.00. The second-order valence-corrected chi connectivity index (χ2v) is 4.45. The van der Waals surface area contributed by atoms with Gasteiger partial charge in [0.2, 0.25) is 5.91 Å². The molecule has 21 heavy (non-hydrogen) atoms. The SMILES string of the molecule is COc1cc(CNc2cccc(C(N)=O)c2)ccc1C#N. The molecule has 2 aromatic rings. The van der Waals surface area contributed by atoms with Crippen molar-refractivity contribution in [3.8, 4) is 11.8 Å². The minimum absolute atomic E-state index is 0.456. The lowest BCUT2D eigenvalue weighted by Gasteiger charge is -2.09. The van der Waals surface area contributed by atoms with E-state index in [-0.39, 0.29) is 0 Å². The van der Waals surface area contributed by atoms with Gasteiger partial charge in [0, 0.05) is 17.8 Å². The highest BCUT2D eigenvalue weighted by Crippen LogP contribution is 2.20. The van der Waals surface area contributed by atoms with Gasteiger partial charge in [-0.15, -0.1) is 0 Å². The van der Waals surface area contributed by atoms with Crippen molar-refractivity contribution < 1.29 is 9.53 Å². The molecule has 0 unspecified atom stereocenters. The molecule has 0 aliphatic heterocycles. The lowest BCUT2D eigenvalue weighted by atomic mass is 10.1. The van der Waals surface area contributed by atoms with Crippen LogP contribution < -0.4 is 15.8 Å². The number of carbonyl (C=O) groups excluding carboxylic acids is 1. The fourth-order valence-electron chi connectivity index (χ4n) is 1.92. The van der Waals surface area contributed by atoms with Crippen molar-refractivity contribution in [2.24, 2.45) is 5.73 Å². The van der Waals surface area contributed by atoms with Gasteiger partial charge in [0.15, 0.2) is 0 Å². The molecule has 0 bridgehead atoms. The monoisotopic (exact) mass is 281 g/mol. The van der Waals surface area contributed by atoms with E-state index in [0.717, 1.165) is 11.3 Å². The highest BCUT2D eigenvalue weighted by atomic mass is 16.5. The normalized spacial score (nSPS) is 9.71. The molecule has 1 amide bonds. The molecule has 0 saturated carbocycles. The van der Waals surface area contributed by atoms with E-state index in [1.54, 1.807) is 24.3 Å². The molecule has 106 valence electrons. The van der Waals surface area contributed by atoms with E-state index in [0.29, 0.717) is 23.4 Å². The third-order valence-electron chi connectivity index (χ3n) is 3.03. The van der Waals surface area contributed by atoms with Gasteiger partial charge in [0.1, 0.15) is 11.8 Å². The second kappa shape index (κ2) is 6.44. The van der Waals surface area contributed by atoms with Crippen LogP contribution in [0.1, 0.15) is 21.5 Å². The summed E-state index contributed by atoms with van der Waals surface area (Å²) >= 11 is 0. The third kappa shape index (κ3) is 3.51. The number of methoxy groups -OCH3 is 1. The van der Waals surface area contributed by atoms with Gasteiger partial charge in [0.05, 0.1) is 12.7 Å². The molecule has 0 radical (unpaired) electrons. The van der Waals surface area contributed by atoms with Crippen molar-refractivity contribution >= 4 is 11.6 Å². The zero-order valence-corrected chi connectivity index (χ0v) is 11.6. The molecule has 0 aromatic heterocycles. The summed E-state index contributed by atoms with van der Waals surface area (Å²) in [5, 5.41) is 12.1. The van der Waals surface area contributed by atoms with Crippen molar-refractivity contribution in [3.05, 3.63) is 59.2 Å². The van der Waals surface area contributed by atoms with E-state index < -0.39 is 5.91 Å². The maximum Gasteiger partial charge on any atom is 0.248 e. The Kier molecular flexibility index (Phi) is 4.42. The number of amides is 1. The quantitative estimate of drug-likeness (QED) is 0.880. The van der Waals surface area contributed by atoms with Crippen LogP contribution in [0.2, 0.25) is 0 Å². The summed E-state index contributed by atoms with van der Waals surface area (Å²) in [6, 6.07) is 14.4. The topological polar surface area (TPSA) is 88.1 Å². The average molecular weight is 281 g/mol. The predicted molar refractivity (Wildman–Crippen MR) is 80.0 cm³/mol. The highest BCUT2D eigenvalue weighted by molar-refractivity contribution is 5.93. The maximum absolute atomic E-state index is 11.1. The first kappa shape index (κ1) is 14.4. The number of nitriles is 1. The van der Waals surface area contributed by atoms with E-state index in [2.05, 4.69) is 11.4 Å². The van der Waals surface area contributed by atoms with Crippen LogP contribution in [0.5, 0.6) is 5.75 Å². The van der Waals surface area contributed by atoms with E-state index in [9.17, 15) is 4.79 Å². The van der Waals surface area contributed by atoms with Crippen LogP contribution in [0.15, 0.2) is 42.5 Å². The number of primary amides is 1. The smallest absolute Gasteiger partial charge is 0.248 e. The van der Waals surface area contributed by atoms with Crippen molar-refractivity contribution in [2.45, 2.75) is 6.54 Å². The summed E-state index contributed by atoms with van der Waals surface area (Å²) in [6.07, 6.45) is 0. The van der Waals surface area contributed by atoms with Gasteiger partial charge in [-0.3, -0.25) is 4.79 Å². The Morgan fingerprint density at radius 2 is 2.14 bits per heavy atom. The zero-order chi connectivity index (χ0) is 15.2. The Morgan fingerprint density at radius 3 is 2.81 bits per heavy atom. The number of hydrogen-bond acceptors (Lipinski definition) is 4. The predicted octanol–water partition coefficient (Wildman–Crippen LogP) is 2.28. The number of hydrogen-bond donors (Lipinski definition) is 2. The number of benzene rings is 2. The number of ether oxygens (including phenoxy) is 1. The highest BCUT2D eigenvalue weighted by Gasteiger charge is 2.04. The molecular weight excluding hydrogens is 266 g/mol. The number of nitrogens with zero attached hydrogens (tertiary/aromatic N) is 1. The molecule has 2 rings (SSSR count). The molecule has 2 aromatic carbocycles. The molecule has 0 atom stereocenters. The van der Waals surface area contributed by atoms with Gasteiger partial charge in [-0.1, -0.05) is 12.1 Å². The average Bonchev–Trinajstić information content (AvgIpc) is 2.52. The molecule has 5 heteroatoms. The van der Waals surface area contributed by atoms with E-state index in [1.807, 2.05) is 18.2 Å². The first-order chi connectivity index (χ1) is 10.1. The summed E-state index contributed by atoms with van der Waals surface area (Å²) < 4.78 is 5.17. The first-order valence-electron chi connectivity index (χ1n) is 6.35. The maximum atomic E-state index is 11.1. The van der Waals surface area contributed by atoms with Crippen LogP contribution in [0, 0.1) is 11.3 Å². The Morgan fingerprint density at radius 1 is 1.33 bits per heavy atom. The number of carbonyl (C=O) groups is 1. The summed E-state index contributed by atoms with van der Waals surface area (Å²) in [5.74, 6) is 0.0846. The Balaban J connectivity index is 2.11. The summed E-state index contributed by atoms with van der Waals surface area (Å²) in [5.41, 5.74) is 7.97. The lowest BCUT2D eigenvalue weighted by molar-refractivity contribution is 0.100. The largest absolute Gasteiger partial charge is 0.495 e. The number of nitrogens with two attached hydrogens (primary N) is 1. The standard InChI is InChI=1S/C16H15N3O2/c1-21-15-7-11(5-6-13(15)9-17)10-19-14-4-2-3-12(8-14)16(18)20/h2-8,19H,10H2,1H3,(H2,18,20). The lowest BCUT2D eigenvalue weighted by Crippen LogP contribution is -2.11. The molecule has 0 saturated heterocycles. The number of rotatable bonds is 5. The van der Waals surface area contributed by atoms with Crippen LogP contribution in [0.4, 0.5) is 5.69 Å². The van der Waals surface area contributed by atoms with Gasteiger partial charge < -0.3 is 15.8 Å². The van der Waals surface area contributed by atoms with E-state index in [4.69, 9.17) is 15.7 Å². The van der Waals surface area contributed by atoms with Gasteiger partial charge >= 0.3 is 0 Å². The zero-order valence-electron chi connectivity index (χ0n) is 11.6. The van der Waals surface area contributed by atoms with Gasteiger partial charge in [-0.25, -0.2) is 0 Å². The Bertz CT molecular complexity index is 705. The van der Waals surface area contributed by atoms with Crippen LogP contribution >= 0.6 is 0 Å². The van der Waals surface area contributed by atoms with Crippen molar-refractivity contribution in [1.82, 2.24) is 0 Å². The van der Waals surface area contributed by atoms with Crippen molar-refractivity contribution in [1.29, 1.82) is 5.26 Å². The summed E-state index contributed by atoms with van der Waals surface area (Å²) in [7, 11) is 1.53. The first-order valence-corrected chi connectivity index (χ1v) is 6.35. The molecule has 0 fully saturated rings. The van der Waals surface area contributed by atoms with Crippen LogP contribution in [-0.2, 0) is 6.54 Å². The molecule has 0 aliphatic rings. The fraction of sp³-hybridized carbons (Fsp3) is 0.125. The fourth-order valence-corrected chi connectivity index (χ4v) is 1.92. The van der Waals surface area contributed by atoms with Gasteiger partial charge in [-0.2, -0.15) is 5.26 Å². The number of anilines is 1. The van der Waals surface area contributed by atoms with Gasteiger partial charge in [-0.05, 0) is 35.9 Å². The van der Waals surface area contributed by atoms with E-state index >= 15 is 0 Å².